The van der Waals surface area contributed by atoms with Crippen molar-refractivity contribution in [3.05, 3.63) is 28.2 Å². The molecule has 2 fully saturated rings. The molecule has 6 nitrogen and oxygen atoms in total. The van der Waals surface area contributed by atoms with Crippen molar-refractivity contribution in [2.75, 3.05) is 45.9 Å². The number of rotatable bonds is 7. The lowest BCUT2D eigenvalue weighted by molar-refractivity contribution is 0.114. The van der Waals surface area contributed by atoms with E-state index in [9.17, 15) is 5.11 Å². The molecule has 2 heterocycles. The van der Waals surface area contributed by atoms with Crippen molar-refractivity contribution < 1.29 is 9.84 Å². The average molecular weight is 429 g/mol. The van der Waals surface area contributed by atoms with Crippen molar-refractivity contribution in [1.82, 2.24) is 15.1 Å². The Morgan fingerprint density at radius 3 is 2.86 bits per heavy atom. The van der Waals surface area contributed by atoms with Gasteiger partial charge in [-0.2, -0.15) is 0 Å². The van der Waals surface area contributed by atoms with E-state index in [1.807, 2.05) is 0 Å². The minimum atomic E-state index is -0.722. The van der Waals surface area contributed by atoms with Gasteiger partial charge in [-0.15, -0.1) is 0 Å². The van der Waals surface area contributed by atoms with Gasteiger partial charge in [-0.3, -0.25) is 9.89 Å². The zero-order valence-corrected chi connectivity index (χ0v) is 17.9. The molecule has 28 heavy (non-hydrogen) atoms. The fraction of sp³-hybridized carbons (Fsp3) is 0.650. The lowest BCUT2D eigenvalue weighted by Gasteiger charge is -2.25. The first-order valence-corrected chi connectivity index (χ1v) is 10.9. The normalized spacial score (nSPS) is 21.9. The second-order valence-electron chi connectivity index (χ2n) is 7.34. The summed E-state index contributed by atoms with van der Waals surface area (Å²) in [5.41, 5.74) is 0. The molecule has 8 heteroatoms. The van der Waals surface area contributed by atoms with Crippen LogP contribution in [-0.2, 0) is 0 Å². The number of aliphatic hydroxyl groups is 1. The van der Waals surface area contributed by atoms with E-state index in [0.717, 1.165) is 25.6 Å². The van der Waals surface area contributed by atoms with Gasteiger partial charge in [0, 0.05) is 25.7 Å². The predicted octanol–water partition coefficient (Wildman–Crippen LogP) is 2.87. The highest BCUT2D eigenvalue weighted by molar-refractivity contribution is 6.42. The van der Waals surface area contributed by atoms with E-state index < -0.39 is 6.10 Å². The smallest absolute Gasteiger partial charge is 0.194 e. The van der Waals surface area contributed by atoms with Gasteiger partial charge < -0.3 is 20.1 Å². The summed E-state index contributed by atoms with van der Waals surface area (Å²) >= 11 is 12.1. The molecule has 2 aliphatic rings. The van der Waals surface area contributed by atoms with E-state index in [1.54, 1.807) is 18.2 Å². The molecule has 156 valence electrons. The van der Waals surface area contributed by atoms with Crippen molar-refractivity contribution in [3.8, 4) is 5.75 Å². The Labute approximate surface area is 177 Å². The van der Waals surface area contributed by atoms with Crippen molar-refractivity contribution >= 4 is 29.2 Å². The second kappa shape index (κ2) is 10.5. The van der Waals surface area contributed by atoms with Crippen LogP contribution in [-0.4, -0.2) is 78.9 Å². The third-order valence-corrected chi connectivity index (χ3v) is 6.06. The molecule has 2 aliphatic heterocycles. The van der Waals surface area contributed by atoms with Crippen LogP contribution in [0, 0.1) is 0 Å². The third kappa shape index (κ3) is 5.66. The van der Waals surface area contributed by atoms with Gasteiger partial charge in [-0.05, 0) is 51.4 Å². The molecule has 0 aliphatic carbocycles. The van der Waals surface area contributed by atoms with Crippen LogP contribution in [0.2, 0.25) is 10.0 Å². The Morgan fingerprint density at radius 2 is 2.11 bits per heavy atom. The minimum Gasteiger partial charge on any atom is -0.489 e. The monoisotopic (exact) mass is 428 g/mol. The summed E-state index contributed by atoms with van der Waals surface area (Å²) in [6, 6.07) is 5.81. The van der Waals surface area contributed by atoms with E-state index >= 15 is 0 Å². The van der Waals surface area contributed by atoms with Gasteiger partial charge in [0.05, 0.1) is 11.6 Å². The number of aliphatic hydroxyl groups excluding tert-OH is 1. The van der Waals surface area contributed by atoms with Crippen LogP contribution in [0.3, 0.4) is 0 Å². The van der Waals surface area contributed by atoms with E-state index in [4.69, 9.17) is 27.9 Å². The van der Waals surface area contributed by atoms with E-state index in [-0.39, 0.29) is 13.2 Å². The number of halogens is 2. The molecule has 0 radical (unpaired) electrons. The summed E-state index contributed by atoms with van der Waals surface area (Å²) in [5, 5.41) is 14.4. The maximum absolute atomic E-state index is 10.3. The molecule has 1 aromatic rings. The molecule has 2 unspecified atom stereocenters. The van der Waals surface area contributed by atoms with Crippen molar-refractivity contribution in [2.24, 2.45) is 4.99 Å². The molecule has 2 atom stereocenters. The molecular weight excluding hydrogens is 399 g/mol. The van der Waals surface area contributed by atoms with E-state index in [1.165, 1.54) is 32.4 Å². The largest absolute Gasteiger partial charge is 0.489 e. The summed E-state index contributed by atoms with van der Waals surface area (Å²) < 4.78 is 5.61. The van der Waals surface area contributed by atoms with Crippen molar-refractivity contribution in [1.29, 1.82) is 0 Å². The number of nitrogens with zero attached hydrogens (tertiary/aromatic N) is 3. The Hall–Kier alpha value is -1.21. The first kappa shape index (κ1) is 21.5. The molecule has 1 aromatic carbocycles. The fourth-order valence-electron chi connectivity index (χ4n) is 3.79. The number of ether oxygens (including phenoxy) is 1. The first-order valence-electron chi connectivity index (χ1n) is 10.1. The summed E-state index contributed by atoms with van der Waals surface area (Å²) in [5.74, 6) is 1.33. The van der Waals surface area contributed by atoms with Gasteiger partial charge in [-0.25, -0.2) is 0 Å². The number of aliphatic imine (C=N–C) groups is 1. The number of hydrogen-bond acceptors (Lipinski definition) is 4. The lowest BCUT2D eigenvalue weighted by atomic mass is 10.2. The van der Waals surface area contributed by atoms with Crippen LogP contribution >= 0.6 is 23.2 Å². The molecule has 0 amide bonds. The summed E-state index contributed by atoms with van der Waals surface area (Å²) in [4.78, 5) is 9.53. The Balaban J connectivity index is 1.51. The number of likely N-dealkylation sites (tertiary alicyclic amines) is 2. The van der Waals surface area contributed by atoms with Gasteiger partial charge in [0.1, 0.15) is 23.5 Å². The first-order chi connectivity index (χ1) is 13.6. The molecule has 2 N–H and O–H groups in total. The standard InChI is InChI=1S/C20H30Cl2N4O2/c1-2-23-20(26-11-8-15(13-26)25-9-3-4-10-25)24-12-16(27)14-28-18-7-5-6-17(21)19(18)22/h5-7,15-16,27H,2-4,8-14H2,1H3,(H,23,24). The predicted molar refractivity (Wildman–Crippen MR) is 115 cm³/mol. The number of nitrogens with one attached hydrogen (secondary N) is 1. The molecule has 0 aromatic heterocycles. The Morgan fingerprint density at radius 1 is 1.32 bits per heavy atom. The zero-order chi connectivity index (χ0) is 19.9. The number of hydrogen-bond donors (Lipinski definition) is 2. The topological polar surface area (TPSA) is 60.3 Å². The molecule has 0 saturated carbocycles. The second-order valence-corrected chi connectivity index (χ2v) is 8.13. The van der Waals surface area contributed by atoms with Crippen molar-refractivity contribution in [2.45, 2.75) is 38.3 Å². The van der Waals surface area contributed by atoms with Gasteiger partial charge in [0.15, 0.2) is 5.96 Å². The summed E-state index contributed by atoms with van der Waals surface area (Å²) in [6.45, 7) is 7.67. The minimum absolute atomic E-state index is 0.110. The van der Waals surface area contributed by atoms with Crippen LogP contribution in [0.15, 0.2) is 23.2 Å². The van der Waals surface area contributed by atoms with Gasteiger partial charge in [0.25, 0.3) is 0 Å². The average Bonchev–Trinajstić information content (AvgIpc) is 3.37. The summed E-state index contributed by atoms with van der Waals surface area (Å²) in [6.07, 6.45) is 3.07. The number of guanidine groups is 1. The van der Waals surface area contributed by atoms with Gasteiger partial charge in [-0.1, -0.05) is 29.3 Å². The molecule has 3 rings (SSSR count). The maximum atomic E-state index is 10.3. The van der Waals surface area contributed by atoms with E-state index in [0.29, 0.717) is 21.8 Å². The highest BCUT2D eigenvalue weighted by Crippen LogP contribution is 2.31. The highest BCUT2D eigenvalue weighted by atomic mass is 35.5. The van der Waals surface area contributed by atoms with Crippen LogP contribution in [0.4, 0.5) is 0 Å². The quantitative estimate of drug-likeness (QED) is 0.516. The summed E-state index contributed by atoms with van der Waals surface area (Å²) in [7, 11) is 0. The van der Waals surface area contributed by atoms with Crippen LogP contribution < -0.4 is 10.1 Å². The van der Waals surface area contributed by atoms with E-state index in [2.05, 4.69) is 27.0 Å². The molecule has 0 bridgehead atoms. The Bertz CT molecular complexity index is 668. The van der Waals surface area contributed by atoms with Gasteiger partial charge in [0.2, 0.25) is 0 Å². The lowest BCUT2D eigenvalue weighted by Crippen LogP contribution is -2.43. The van der Waals surface area contributed by atoms with Gasteiger partial charge >= 0.3 is 0 Å². The van der Waals surface area contributed by atoms with Crippen molar-refractivity contribution in [3.63, 3.8) is 0 Å². The molecule has 2 saturated heterocycles. The third-order valence-electron chi connectivity index (χ3n) is 5.25. The number of benzene rings is 1. The van der Waals surface area contributed by atoms with Crippen LogP contribution in [0.25, 0.3) is 0 Å². The van der Waals surface area contributed by atoms with Crippen LogP contribution in [0.1, 0.15) is 26.2 Å². The fourth-order valence-corrected chi connectivity index (χ4v) is 4.14. The molecular formula is C20H30Cl2N4O2. The maximum Gasteiger partial charge on any atom is 0.194 e. The highest BCUT2D eigenvalue weighted by Gasteiger charge is 2.30. The molecule has 0 spiro atoms. The van der Waals surface area contributed by atoms with Crippen LogP contribution in [0.5, 0.6) is 5.75 Å². The Kier molecular flexibility index (Phi) is 8.09. The SMILES string of the molecule is CCNC(=NCC(O)COc1cccc(Cl)c1Cl)N1CCC(N2CCCC2)C1. The zero-order valence-electron chi connectivity index (χ0n) is 16.4.